The summed E-state index contributed by atoms with van der Waals surface area (Å²) in [5, 5.41) is 5.19. The molecule has 2 N–H and O–H groups in total. The highest BCUT2D eigenvalue weighted by atomic mass is 35.5. The van der Waals surface area contributed by atoms with Gasteiger partial charge in [0.15, 0.2) is 0 Å². The predicted octanol–water partition coefficient (Wildman–Crippen LogP) is 5.20. The third-order valence-corrected chi connectivity index (χ3v) is 5.13. The fraction of sp³-hybridized carbons (Fsp3) is 0. The van der Waals surface area contributed by atoms with E-state index in [0.29, 0.717) is 28.0 Å². The van der Waals surface area contributed by atoms with Gasteiger partial charge in [-0.05, 0) is 53.9 Å². The molecule has 0 aliphatic heterocycles. The van der Waals surface area contributed by atoms with Gasteiger partial charge in [0, 0.05) is 11.1 Å². The Labute approximate surface area is 174 Å². The standard InChI is InChI=1S/C21H14ClN3O3S/c22-13-3-6-15(7-4-13)28-19-10-5-14(12-23-19)24-20(26)16-8-9-17(25-21(16)27)18-2-1-11-29-18/h1-12H,(H,24,26)(H,25,27). The number of rotatable bonds is 5. The first-order chi connectivity index (χ1) is 14.1. The fourth-order valence-corrected chi connectivity index (χ4v) is 3.40. The third kappa shape index (κ3) is 4.53. The van der Waals surface area contributed by atoms with E-state index in [1.165, 1.54) is 23.6 Å². The summed E-state index contributed by atoms with van der Waals surface area (Å²) in [6.45, 7) is 0. The van der Waals surface area contributed by atoms with Gasteiger partial charge in [-0.1, -0.05) is 17.7 Å². The molecular weight excluding hydrogens is 410 g/mol. The van der Waals surface area contributed by atoms with Crippen molar-refractivity contribution >= 4 is 34.5 Å². The summed E-state index contributed by atoms with van der Waals surface area (Å²) >= 11 is 7.35. The number of nitrogens with one attached hydrogen (secondary N) is 2. The van der Waals surface area contributed by atoms with Crippen molar-refractivity contribution in [2.24, 2.45) is 0 Å². The molecular formula is C21H14ClN3O3S. The molecule has 1 aromatic carbocycles. The van der Waals surface area contributed by atoms with Crippen LogP contribution in [0.4, 0.5) is 5.69 Å². The van der Waals surface area contributed by atoms with Crippen molar-refractivity contribution in [2.75, 3.05) is 5.32 Å². The quantitative estimate of drug-likeness (QED) is 0.462. The zero-order valence-corrected chi connectivity index (χ0v) is 16.5. The molecule has 0 bridgehead atoms. The molecule has 4 rings (SSSR count). The Morgan fingerprint density at radius 1 is 1.07 bits per heavy atom. The topological polar surface area (TPSA) is 84.1 Å². The molecule has 3 heterocycles. The second-order valence-electron chi connectivity index (χ2n) is 5.99. The SMILES string of the molecule is O=C(Nc1ccc(Oc2ccc(Cl)cc2)nc1)c1ccc(-c2cccs2)[nH]c1=O. The van der Waals surface area contributed by atoms with Gasteiger partial charge in [-0.25, -0.2) is 4.98 Å². The molecule has 1 amide bonds. The molecule has 3 aromatic heterocycles. The van der Waals surface area contributed by atoms with Crippen LogP contribution >= 0.6 is 22.9 Å². The Morgan fingerprint density at radius 2 is 1.90 bits per heavy atom. The number of carbonyl (C=O) groups is 1. The summed E-state index contributed by atoms with van der Waals surface area (Å²) in [6, 6.07) is 17.2. The Kier molecular flexibility index (Phi) is 5.41. The number of halogens is 1. The maximum atomic E-state index is 12.4. The molecule has 0 aliphatic carbocycles. The normalized spacial score (nSPS) is 10.5. The number of amides is 1. The summed E-state index contributed by atoms with van der Waals surface area (Å²) in [7, 11) is 0. The van der Waals surface area contributed by atoms with Gasteiger partial charge in [0.25, 0.3) is 11.5 Å². The van der Waals surface area contributed by atoms with E-state index >= 15 is 0 Å². The van der Waals surface area contributed by atoms with Gasteiger partial charge in [0.2, 0.25) is 5.88 Å². The van der Waals surface area contributed by atoms with Gasteiger partial charge < -0.3 is 15.0 Å². The van der Waals surface area contributed by atoms with Crippen LogP contribution in [0.2, 0.25) is 5.02 Å². The van der Waals surface area contributed by atoms with Crippen molar-refractivity contribution in [1.29, 1.82) is 0 Å². The van der Waals surface area contributed by atoms with Crippen molar-refractivity contribution in [2.45, 2.75) is 0 Å². The zero-order valence-electron chi connectivity index (χ0n) is 14.9. The number of anilines is 1. The van der Waals surface area contributed by atoms with E-state index in [0.717, 1.165) is 4.88 Å². The van der Waals surface area contributed by atoms with Crippen LogP contribution in [0.1, 0.15) is 10.4 Å². The van der Waals surface area contributed by atoms with Gasteiger partial charge in [0.1, 0.15) is 11.3 Å². The molecule has 29 heavy (non-hydrogen) atoms. The minimum atomic E-state index is -0.517. The fourth-order valence-electron chi connectivity index (χ4n) is 2.56. The van der Waals surface area contributed by atoms with E-state index in [1.54, 1.807) is 42.5 Å². The number of benzene rings is 1. The van der Waals surface area contributed by atoms with Gasteiger partial charge in [-0.3, -0.25) is 9.59 Å². The average Bonchev–Trinajstić information content (AvgIpc) is 3.26. The van der Waals surface area contributed by atoms with Crippen molar-refractivity contribution in [3.8, 4) is 22.2 Å². The molecule has 6 nitrogen and oxygen atoms in total. The van der Waals surface area contributed by atoms with E-state index in [4.69, 9.17) is 16.3 Å². The van der Waals surface area contributed by atoms with Crippen LogP contribution in [0.15, 0.2) is 77.0 Å². The number of nitrogens with zero attached hydrogens (tertiary/aromatic N) is 1. The highest BCUT2D eigenvalue weighted by Gasteiger charge is 2.12. The molecule has 0 saturated heterocycles. The summed E-state index contributed by atoms with van der Waals surface area (Å²) < 4.78 is 5.61. The molecule has 0 spiro atoms. The largest absolute Gasteiger partial charge is 0.439 e. The number of thiophene rings is 1. The lowest BCUT2D eigenvalue weighted by Gasteiger charge is -2.07. The second kappa shape index (κ2) is 8.30. The lowest BCUT2D eigenvalue weighted by molar-refractivity contribution is 0.102. The van der Waals surface area contributed by atoms with Gasteiger partial charge in [-0.2, -0.15) is 0 Å². The summed E-state index contributed by atoms with van der Waals surface area (Å²) in [5.74, 6) is 0.441. The molecule has 0 aliphatic rings. The van der Waals surface area contributed by atoms with Crippen LogP contribution in [0.3, 0.4) is 0 Å². The Bertz CT molecular complexity index is 1190. The number of pyridine rings is 2. The van der Waals surface area contributed by atoms with Gasteiger partial charge in [0.05, 0.1) is 22.5 Å². The first-order valence-electron chi connectivity index (χ1n) is 8.56. The number of H-pyrrole nitrogens is 1. The predicted molar refractivity (Wildman–Crippen MR) is 114 cm³/mol. The molecule has 0 atom stereocenters. The van der Waals surface area contributed by atoms with Crippen molar-refractivity contribution in [3.05, 3.63) is 93.2 Å². The smallest absolute Gasteiger partial charge is 0.261 e. The van der Waals surface area contributed by atoms with E-state index < -0.39 is 11.5 Å². The van der Waals surface area contributed by atoms with Crippen LogP contribution in [-0.4, -0.2) is 15.9 Å². The molecule has 0 saturated carbocycles. The minimum absolute atomic E-state index is 0.0202. The van der Waals surface area contributed by atoms with Gasteiger partial charge in [-0.15, -0.1) is 11.3 Å². The average molecular weight is 424 g/mol. The Hall–Kier alpha value is -3.42. The maximum absolute atomic E-state index is 12.4. The Morgan fingerprint density at radius 3 is 2.55 bits per heavy atom. The molecule has 8 heteroatoms. The minimum Gasteiger partial charge on any atom is -0.439 e. The molecule has 4 aromatic rings. The molecule has 0 radical (unpaired) electrons. The lowest BCUT2D eigenvalue weighted by atomic mass is 10.2. The highest BCUT2D eigenvalue weighted by Crippen LogP contribution is 2.23. The first-order valence-corrected chi connectivity index (χ1v) is 9.82. The van der Waals surface area contributed by atoms with E-state index in [1.807, 2.05) is 17.5 Å². The Balaban J connectivity index is 1.44. The third-order valence-electron chi connectivity index (χ3n) is 3.97. The summed E-state index contributed by atoms with van der Waals surface area (Å²) in [5.41, 5.74) is 0.683. The maximum Gasteiger partial charge on any atom is 0.261 e. The van der Waals surface area contributed by atoms with E-state index in [2.05, 4.69) is 15.3 Å². The highest BCUT2D eigenvalue weighted by molar-refractivity contribution is 7.13. The molecule has 144 valence electrons. The molecule has 0 fully saturated rings. The number of aromatic amines is 1. The summed E-state index contributed by atoms with van der Waals surface area (Å²) in [6.07, 6.45) is 1.46. The van der Waals surface area contributed by atoms with Crippen LogP contribution < -0.4 is 15.6 Å². The first kappa shape index (κ1) is 18.9. The number of hydrogen-bond donors (Lipinski definition) is 2. The van der Waals surface area contributed by atoms with Crippen molar-refractivity contribution < 1.29 is 9.53 Å². The molecule has 0 unspecified atom stereocenters. The van der Waals surface area contributed by atoms with Crippen LogP contribution in [0.5, 0.6) is 11.6 Å². The van der Waals surface area contributed by atoms with E-state index in [9.17, 15) is 9.59 Å². The van der Waals surface area contributed by atoms with Crippen LogP contribution in [-0.2, 0) is 0 Å². The summed E-state index contributed by atoms with van der Waals surface area (Å²) in [4.78, 5) is 32.6. The van der Waals surface area contributed by atoms with Gasteiger partial charge >= 0.3 is 0 Å². The van der Waals surface area contributed by atoms with E-state index in [-0.39, 0.29) is 5.56 Å². The zero-order chi connectivity index (χ0) is 20.2. The van der Waals surface area contributed by atoms with Crippen LogP contribution in [0, 0.1) is 0 Å². The van der Waals surface area contributed by atoms with Crippen molar-refractivity contribution in [1.82, 2.24) is 9.97 Å². The van der Waals surface area contributed by atoms with Crippen LogP contribution in [0.25, 0.3) is 10.6 Å². The monoisotopic (exact) mass is 423 g/mol. The number of hydrogen-bond acceptors (Lipinski definition) is 5. The lowest BCUT2D eigenvalue weighted by Crippen LogP contribution is -2.23. The second-order valence-corrected chi connectivity index (χ2v) is 7.37. The number of ether oxygens (including phenoxy) is 1. The van der Waals surface area contributed by atoms with Crippen molar-refractivity contribution in [3.63, 3.8) is 0 Å². The number of aromatic nitrogens is 2. The number of carbonyl (C=O) groups excluding carboxylic acids is 1.